The quantitative estimate of drug-likeness (QED) is 0.729. The smallest absolute Gasteiger partial charge is 0.263 e. The summed E-state index contributed by atoms with van der Waals surface area (Å²) >= 11 is 0. The summed E-state index contributed by atoms with van der Waals surface area (Å²) in [5, 5.41) is 0.793. The van der Waals surface area contributed by atoms with E-state index >= 15 is 0 Å². The first-order valence-electron chi connectivity index (χ1n) is 9.62. The summed E-state index contributed by atoms with van der Waals surface area (Å²) in [4.78, 5) is 40.8. The van der Waals surface area contributed by atoms with E-state index in [2.05, 4.69) is 19.9 Å². The number of aromatic amines is 2. The Hall–Kier alpha value is -3.03. The number of hydrogen-bond acceptors (Lipinski definition) is 4. The molecule has 0 atom stereocenters. The number of carbonyl (C=O) groups excluding carboxylic acids is 1. The van der Waals surface area contributed by atoms with Gasteiger partial charge in [0.25, 0.3) is 11.5 Å². The highest BCUT2D eigenvalue weighted by molar-refractivity contribution is 5.93. The number of aromatic nitrogens is 4. The number of halogens is 1. The van der Waals surface area contributed by atoms with Crippen molar-refractivity contribution in [2.75, 3.05) is 13.1 Å². The molecule has 1 aliphatic carbocycles. The fourth-order valence-electron chi connectivity index (χ4n) is 4.09. The van der Waals surface area contributed by atoms with Gasteiger partial charge in [-0.15, -0.1) is 0 Å². The number of nitrogens with zero attached hydrogens (tertiary/aromatic N) is 3. The Morgan fingerprint density at radius 3 is 2.61 bits per heavy atom. The number of carbonyl (C=O) groups is 1. The van der Waals surface area contributed by atoms with Crippen LogP contribution in [-0.2, 0) is 0 Å². The Kier molecular flexibility index (Phi) is 3.99. The summed E-state index contributed by atoms with van der Waals surface area (Å²) < 4.78 is 14.5. The Bertz CT molecular complexity index is 1110. The van der Waals surface area contributed by atoms with Crippen molar-refractivity contribution in [3.05, 3.63) is 57.8 Å². The van der Waals surface area contributed by atoms with Gasteiger partial charge in [0, 0.05) is 42.4 Å². The molecule has 8 heteroatoms. The van der Waals surface area contributed by atoms with Gasteiger partial charge in [0.15, 0.2) is 0 Å². The average Bonchev–Trinajstić information content (AvgIpc) is 3.45. The molecule has 0 aromatic carbocycles. The highest BCUT2D eigenvalue weighted by Gasteiger charge is 2.30. The van der Waals surface area contributed by atoms with E-state index in [1.807, 2.05) is 6.07 Å². The molecule has 144 valence electrons. The second-order valence-corrected chi connectivity index (χ2v) is 7.61. The van der Waals surface area contributed by atoms with Gasteiger partial charge in [-0.3, -0.25) is 9.59 Å². The average molecular weight is 381 g/mol. The molecule has 28 heavy (non-hydrogen) atoms. The van der Waals surface area contributed by atoms with E-state index in [0.717, 1.165) is 18.2 Å². The number of amides is 1. The number of hydrogen-bond donors (Lipinski definition) is 2. The molecule has 3 aromatic heterocycles. The van der Waals surface area contributed by atoms with Crippen LogP contribution in [0.3, 0.4) is 0 Å². The minimum atomic E-state index is -0.377. The molecule has 2 fully saturated rings. The molecule has 5 rings (SSSR count). The highest BCUT2D eigenvalue weighted by atomic mass is 19.1. The topological polar surface area (TPSA) is 94.7 Å². The SMILES string of the molecule is O=C(c1cnc(C2CC2)[nH]c1=O)N1CCC(c2c(F)cnc3[nH]ccc23)CC1. The second-order valence-electron chi connectivity index (χ2n) is 7.61. The molecule has 2 aliphatic rings. The zero-order valence-electron chi connectivity index (χ0n) is 15.2. The zero-order chi connectivity index (χ0) is 19.3. The van der Waals surface area contributed by atoms with Crippen LogP contribution < -0.4 is 5.56 Å². The number of piperidine rings is 1. The molecule has 0 radical (unpaired) electrons. The molecule has 1 saturated carbocycles. The number of nitrogens with one attached hydrogen (secondary N) is 2. The van der Waals surface area contributed by atoms with Crippen molar-refractivity contribution in [3.8, 4) is 0 Å². The predicted octanol–water partition coefficient (Wildman–Crippen LogP) is 2.68. The largest absolute Gasteiger partial charge is 0.346 e. The van der Waals surface area contributed by atoms with Crippen LogP contribution in [0, 0.1) is 5.82 Å². The first kappa shape index (κ1) is 17.1. The lowest BCUT2D eigenvalue weighted by Gasteiger charge is -2.32. The van der Waals surface area contributed by atoms with Gasteiger partial charge in [0.2, 0.25) is 0 Å². The van der Waals surface area contributed by atoms with E-state index in [0.29, 0.717) is 48.9 Å². The van der Waals surface area contributed by atoms with Gasteiger partial charge in [-0.2, -0.15) is 0 Å². The van der Waals surface area contributed by atoms with E-state index in [9.17, 15) is 14.0 Å². The maximum atomic E-state index is 14.5. The van der Waals surface area contributed by atoms with E-state index in [4.69, 9.17) is 0 Å². The Balaban J connectivity index is 1.33. The van der Waals surface area contributed by atoms with Crippen molar-refractivity contribution in [1.29, 1.82) is 0 Å². The van der Waals surface area contributed by atoms with Crippen molar-refractivity contribution < 1.29 is 9.18 Å². The van der Waals surface area contributed by atoms with Crippen LogP contribution in [-0.4, -0.2) is 43.8 Å². The van der Waals surface area contributed by atoms with Crippen molar-refractivity contribution in [2.24, 2.45) is 0 Å². The minimum absolute atomic E-state index is 0.0130. The molecule has 1 saturated heterocycles. The molecule has 0 bridgehead atoms. The number of pyridine rings is 1. The Morgan fingerprint density at radius 2 is 1.89 bits per heavy atom. The molecule has 0 unspecified atom stereocenters. The molecule has 3 aromatic rings. The third kappa shape index (κ3) is 2.89. The molecule has 1 aliphatic heterocycles. The third-order valence-electron chi connectivity index (χ3n) is 5.78. The van der Waals surface area contributed by atoms with Gasteiger partial charge in [-0.25, -0.2) is 14.4 Å². The van der Waals surface area contributed by atoms with E-state index in [1.165, 1.54) is 12.4 Å². The van der Waals surface area contributed by atoms with Crippen LogP contribution in [0.25, 0.3) is 11.0 Å². The zero-order valence-corrected chi connectivity index (χ0v) is 15.2. The van der Waals surface area contributed by atoms with Crippen LogP contribution in [0.5, 0.6) is 0 Å². The number of fused-ring (bicyclic) bond motifs is 1. The number of rotatable bonds is 3. The summed E-state index contributed by atoms with van der Waals surface area (Å²) in [6, 6.07) is 1.84. The summed E-state index contributed by atoms with van der Waals surface area (Å²) in [6.45, 7) is 0.946. The first-order valence-corrected chi connectivity index (χ1v) is 9.62. The molecular weight excluding hydrogens is 361 g/mol. The Morgan fingerprint density at radius 1 is 1.11 bits per heavy atom. The number of likely N-dealkylation sites (tertiary alicyclic amines) is 1. The van der Waals surface area contributed by atoms with Crippen LogP contribution in [0.4, 0.5) is 4.39 Å². The van der Waals surface area contributed by atoms with Gasteiger partial charge in [0.1, 0.15) is 22.9 Å². The van der Waals surface area contributed by atoms with Gasteiger partial charge in [-0.05, 0) is 37.7 Å². The molecule has 7 nitrogen and oxygen atoms in total. The maximum Gasteiger partial charge on any atom is 0.263 e. The fourth-order valence-corrected chi connectivity index (χ4v) is 4.09. The van der Waals surface area contributed by atoms with Gasteiger partial charge in [0.05, 0.1) is 6.20 Å². The molecule has 4 heterocycles. The molecule has 0 spiro atoms. The van der Waals surface area contributed by atoms with Gasteiger partial charge in [-0.1, -0.05) is 0 Å². The highest BCUT2D eigenvalue weighted by Crippen LogP contribution is 2.37. The Labute approximate surface area is 160 Å². The first-order chi connectivity index (χ1) is 13.6. The molecule has 2 N–H and O–H groups in total. The lowest BCUT2D eigenvalue weighted by Crippen LogP contribution is -2.40. The predicted molar refractivity (Wildman–Crippen MR) is 101 cm³/mol. The van der Waals surface area contributed by atoms with Crippen LogP contribution >= 0.6 is 0 Å². The number of H-pyrrole nitrogens is 2. The standard InChI is InChI=1S/C20H20FN5O2/c21-15-10-24-18-13(3-6-22-18)16(15)11-4-7-26(8-5-11)20(28)14-9-23-17(12-1-2-12)25-19(14)27/h3,6,9-12H,1-2,4-5,7-8H2,(H,22,24)(H,23,25,27). The normalized spacial score (nSPS) is 18.0. The van der Waals surface area contributed by atoms with Crippen LogP contribution in [0.15, 0.2) is 29.5 Å². The van der Waals surface area contributed by atoms with Crippen molar-refractivity contribution in [1.82, 2.24) is 24.8 Å². The van der Waals surface area contributed by atoms with Gasteiger partial charge >= 0.3 is 0 Å². The lowest BCUT2D eigenvalue weighted by atomic mass is 9.88. The monoisotopic (exact) mass is 381 g/mol. The van der Waals surface area contributed by atoms with Crippen molar-refractivity contribution >= 4 is 16.9 Å². The van der Waals surface area contributed by atoms with E-state index < -0.39 is 0 Å². The third-order valence-corrected chi connectivity index (χ3v) is 5.78. The van der Waals surface area contributed by atoms with E-state index in [1.54, 1.807) is 11.1 Å². The molecular formula is C20H20FN5O2. The van der Waals surface area contributed by atoms with Gasteiger partial charge < -0.3 is 14.9 Å². The van der Waals surface area contributed by atoms with E-state index in [-0.39, 0.29) is 28.8 Å². The van der Waals surface area contributed by atoms with Crippen LogP contribution in [0.2, 0.25) is 0 Å². The summed E-state index contributed by atoms with van der Waals surface area (Å²) in [6.07, 6.45) is 7.74. The lowest BCUT2D eigenvalue weighted by molar-refractivity contribution is 0.0710. The maximum absolute atomic E-state index is 14.5. The summed E-state index contributed by atoms with van der Waals surface area (Å²) in [7, 11) is 0. The fraction of sp³-hybridized carbons (Fsp3) is 0.400. The van der Waals surface area contributed by atoms with Crippen molar-refractivity contribution in [2.45, 2.75) is 37.5 Å². The summed E-state index contributed by atoms with van der Waals surface area (Å²) in [5.41, 5.74) is 1.03. The van der Waals surface area contributed by atoms with Crippen LogP contribution in [0.1, 0.15) is 59.3 Å². The minimum Gasteiger partial charge on any atom is -0.346 e. The second kappa shape index (κ2) is 6.54. The summed E-state index contributed by atoms with van der Waals surface area (Å²) in [5.74, 6) is 0.390. The van der Waals surface area contributed by atoms with Crippen molar-refractivity contribution in [3.63, 3.8) is 0 Å². The molecule has 1 amide bonds.